The van der Waals surface area contributed by atoms with Crippen molar-refractivity contribution in [3.63, 3.8) is 0 Å². The van der Waals surface area contributed by atoms with Crippen molar-refractivity contribution in [3.8, 4) is 5.75 Å². The Morgan fingerprint density at radius 3 is 2.29 bits per heavy atom. The second-order valence-corrected chi connectivity index (χ2v) is 7.37. The lowest BCUT2D eigenvalue weighted by molar-refractivity contribution is -0.123. The van der Waals surface area contributed by atoms with E-state index in [-0.39, 0.29) is 18.2 Å². The summed E-state index contributed by atoms with van der Waals surface area (Å²) in [4.78, 5) is 31.1. The van der Waals surface area contributed by atoms with E-state index in [1.165, 1.54) is 4.90 Å². The molecule has 0 unspecified atom stereocenters. The van der Waals surface area contributed by atoms with E-state index in [4.69, 9.17) is 16.3 Å². The predicted molar refractivity (Wildman–Crippen MR) is 109 cm³/mol. The van der Waals surface area contributed by atoms with E-state index in [1.807, 2.05) is 24.3 Å². The minimum Gasteiger partial charge on any atom is -0.497 e. The van der Waals surface area contributed by atoms with Gasteiger partial charge < -0.3 is 9.64 Å². The van der Waals surface area contributed by atoms with Crippen LogP contribution in [0, 0.1) is 0 Å². The number of benzene rings is 2. The molecule has 28 heavy (non-hydrogen) atoms. The first-order valence-corrected chi connectivity index (χ1v) is 9.70. The summed E-state index contributed by atoms with van der Waals surface area (Å²) in [5.41, 5.74) is 1.60. The largest absolute Gasteiger partial charge is 0.497 e. The van der Waals surface area contributed by atoms with Crippen molar-refractivity contribution in [2.45, 2.75) is 12.5 Å². The molecule has 2 heterocycles. The van der Waals surface area contributed by atoms with E-state index >= 15 is 0 Å². The van der Waals surface area contributed by atoms with Crippen LogP contribution in [-0.2, 0) is 9.59 Å². The molecule has 2 amide bonds. The van der Waals surface area contributed by atoms with Crippen LogP contribution in [0.4, 0.5) is 11.4 Å². The smallest absolute Gasteiger partial charge is 0.251 e. The van der Waals surface area contributed by atoms with Gasteiger partial charge in [0.15, 0.2) is 0 Å². The predicted octanol–water partition coefficient (Wildman–Crippen LogP) is 2.80. The zero-order chi connectivity index (χ0) is 19.7. The van der Waals surface area contributed by atoms with Crippen LogP contribution in [0.3, 0.4) is 0 Å². The van der Waals surface area contributed by atoms with Crippen molar-refractivity contribution in [3.05, 3.63) is 53.6 Å². The van der Waals surface area contributed by atoms with Crippen LogP contribution in [-0.4, -0.2) is 56.0 Å². The second-order valence-electron chi connectivity index (χ2n) is 6.96. The molecule has 0 aromatic heterocycles. The molecule has 2 aliphatic heterocycles. The summed E-state index contributed by atoms with van der Waals surface area (Å²) in [7, 11) is 1.65. The number of hydrogen-bond donors (Lipinski definition) is 0. The van der Waals surface area contributed by atoms with Crippen molar-refractivity contribution in [1.82, 2.24) is 4.90 Å². The Balaban J connectivity index is 1.43. The summed E-state index contributed by atoms with van der Waals surface area (Å²) in [6.45, 7) is 3.06. The third-order valence-corrected chi connectivity index (χ3v) is 5.73. The number of carbonyl (C=O) groups excluding carboxylic acids is 2. The van der Waals surface area contributed by atoms with Crippen LogP contribution < -0.4 is 14.5 Å². The first-order chi connectivity index (χ1) is 13.6. The summed E-state index contributed by atoms with van der Waals surface area (Å²) in [5.74, 6) is 0.453. The van der Waals surface area contributed by atoms with Crippen LogP contribution in [0.25, 0.3) is 0 Å². The van der Waals surface area contributed by atoms with Gasteiger partial charge in [0, 0.05) is 31.9 Å². The van der Waals surface area contributed by atoms with E-state index in [9.17, 15) is 9.59 Å². The molecule has 0 spiro atoms. The second kappa shape index (κ2) is 7.81. The molecule has 2 saturated heterocycles. The Bertz CT molecular complexity index is 879. The van der Waals surface area contributed by atoms with Gasteiger partial charge in [-0.15, -0.1) is 0 Å². The minimum absolute atomic E-state index is 0.184. The molecular formula is C21H22ClN3O3. The molecule has 0 radical (unpaired) electrons. The Morgan fingerprint density at radius 1 is 0.964 bits per heavy atom. The quantitative estimate of drug-likeness (QED) is 0.740. The highest BCUT2D eigenvalue weighted by atomic mass is 35.5. The lowest BCUT2D eigenvalue weighted by Crippen LogP contribution is -2.52. The molecule has 7 heteroatoms. The third-order valence-electron chi connectivity index (χ3n) is 5.41. The summed E-state index contributed by atoms with van der Waals surface area (Å²) >= 11 is 6.20. The molecule has 0 saturated carbocycles. The number of imide groups is 1. The van der Waals surface area contributed by atoms with E-state index < -0.39 is 6.04 Å². The monoisotopic (exact) mass is 399 g/mol. The highest BCUT2D eigenvalue weighted by Crippen LogP contribution is 2.32. The molecule has 2 aliphatic rings. The van der Waals surface area contributed by atoms with Gasteiger partial charge in [-0.1, -0.05) is 23.7 Å². The number of nitrogens with zero attached hydrogens (tertiary/aromatic N) is 3. The number of ether oxygens (including phenoxy) is 1. The lowest BCUT2D eigenvalue weighted by atomic mass is 10.1. The fraction of sp³-hybridized carbons (Fsp3) is 0.333. The number of para-hydroxylation sites is 1. The number of rotatable bonds is 4. The summed E-state index contributed by atoms with van der Waals surface area (Å²) < 4.78 is 5.21. The minimum atomic E-state index is -0.415. The van der Waals surface area contributed by atoms with Crippen LogP contribution >= 0.6 is 11.6 Å². The molecule has 4 rings (SSSR count). The number of hydrogen-bond acceptors (Lipinski definition) is 5. The maximum Gasteiger partial charge on any atom is 0.251 e. The molecular weight excluding hydrogens is 378 g/mol. The van der Waals surface area contributed by atoms with Crippen molar-refractivity contribution in [1.29, 1.82) is 0 Å². The van der Waals surface area contributed by atoms with E-state index in [1.54, 1.807) is 31.4 Å². The maximum atomic E-state index is 13.0. The van der Waals surface area contributed by atoms with Crippen LogP contribution in [0.2, 0.25) is 5.02 Å². The average Bonchev–Trinajstić information content (AvgIpc) is 3.03. The Morgan fingerprint density at radius 2 is 1.64 bits per heavy atom. The normalized spacial score (nSPS) is 20.7. The van der Waals surface area contributed by atoms with Gasteiger partial charge in [-0.2, -0.15) is 0 Å². The maximum absolute atomic E-state index is 13.0. The molecule has 2 aromatic rings. The highest BCUT2D eigenvalue weighted by molar-refractivity contribution is 6.36. The SMILES string of the molecule is COc1ccc(N2CCN([C@@H]3CC(=O)N(c4ccccc4Cl)C3=O)CC2)cc1. The standard InChI is InChI=1S/C21H22ClN3O3/c1-28-16-8-6-15(7-9-16)23-10-12-24(13-11-23)19-14-20(26)25(21(19)27)18-5-3-2-4-17(18)22/h2-9,19H,10-14H2,1H3/t19-/m1/s1. The number of methoxy groups -OCH3 is 1. The summed E-state index contributed by atoms with van der Waals surface area (Å²) in [5, 5.41) is 0.411. The van der Waals surface area contributed by atoms with Crippen LogP contribution in [0.5, 0.6) is 5.75 Å². The van der Waals surface area contributed by atoms with Gasteiger partial charge in [-0.05, 0) is 36.4 Å². The number of piperazine rings is 1. The molecule has 146 valence electrons. The Labute approximate surface area is 169 Å². The fourth-order valence-corrected chi connectivity index (χ4v) is 4.09. The Hall–Kier alpha value is -2.57. The van der Waals surface area contributed by atoms with Crippen molar-refractivity contribution in [2.24, 2.45) is 0 Å². The molecule has 2 aromatic carbocycles. The molecule has 6 nitrogen and oxygen atoms in total. The van der Waals surface area contributed by atoms with Crippen molar-refractivity contribution >= 4 is 34.8 Å². The number of carbonyl (C=O) groups is 2. The van der Waals surface area contributed by atoms with Gasteiger partial charge in [0.2, 0.25) is 5.91 Å². The average molecular weight is 400 g/mol. The van der Waals surface area contributed by atoms with Gasteiger partial charge in [0.25, 0.3) is 5.91 Å². The lowest BCUT2D eigenvalue weighted by Gasteiger charge is -2.38. The van der Waals surface area contributed by atoms with Crippen molar-refractivity contribution < 1.29 is 14.3 Å². The van der Waals surface area contributed by atoms with Crippen molar-refractivity contribution in [2.75, 3.05) is 43.1 Å². The number of halogens is 1. The van der Waals surface area contributed by atoms with Crippen LogP contribution in [0.15, 0.2) is 48.5 Å². The number of anilines is 2. The van der Waals surface area contributed by atoms with Gasteiger partial charge in [0.1, 0.15) is 5.75 Å². The molecule has 0 bridgehead atoms. The van der Waals surface area contributed by atoms with Gasteiger partial charge in [-0.25, -0.2) is 4.90 Å². The van der Waals surface area contributed by atoms with Gasteiger partial charge in [-0.3, -0.25) is 14.5 Å². The highest BCUT2D eigenvalue weighted by Gasteiger charge is 2.43. The zero-order valence-electron chi connectivity index (χ0n) is 15.7. The van der Waals surface area contributed by atoms with E-state index in [0.717, 1.165) is 37.6 Å². The van der Waals surface area contributed by atoms with E-state index in [2.05, 4.69) is 9.80 Å². The van der Waals surface area contributed by atoms with E-state index in [0.29, 0.717) is 10.7 Å². The first-order valence-electron chi connectivity index (χ1n) is 9.33. The Kier molecular flexibility index (Phi) is 5.24. The zero-order valence-corrected chi connectivity index (χ0v) is 16.4. The summed E-state index contributed by atoms with van der Waals surface area (Å²) in [6.07, 6.45) is 0.201. The molecule has 1 atom stereocenters. The summed E-state index contributed by atoms with van der Waals surface area (Å²) in [6, 6.07) is 14.5. The van der Waals surface area contributed by atoms with Gasteiger partial charge >= 0.3 is 0 Å². The molecule has 0 aliphatic carbocycles. The first kappa shape index (κ1) is 18.8. The third kappa shape index (κ3) is 3.45. The van der Waals surface area contributed by atoms with Gasteiger partial charge in [0.05, 0.1) is 30.3 Å². The molecule has 0 N–H and O–H groups in total. The molecule has 2 fully saturated rings. The van der Waals surface area contributed by atoms with Crippen LogP contribution in [0.1, 0.15) is 6.42 Å². The topological polar surface area (TPSA) is 53.1 Å². The fourth-order valence-electron chi connectivity index (χ4n) is 3.87. The number of amides is 2.